The third-order valence-electron chi connectivity index (χ3n) is 6.11. The normalized spacial score (nSPS) is 21.9. The van der Waals surface area contributed by atoms with Crippen LogP contribution in [-0.2, 0) is 4.74 Å². The van der Waals surface area contributed by atoms with Gasteiger partial charge >= 0.3 is 0 Å². The predicted molar refractivity (Wildman–Crippen MR) is 135 cm³/mol. The van der Waals surface area contributed by atoms with E-state index in [1.165, 1.54) is 5.69 Å². The number of hydrogen-bond donors (Lipinski definition) is 1. The van der Waals surface area contributed by atoms with Crippen molar-refractivity contribution >= 4 is 33.8 Å². The number of aromatic nitrogens is 3. The lowest BCUT2D eigenvalue weighted by atomic mass is 10.2. The van der Waals surface area contributed by atoms with Crippen LogP contribution in [0, 0.1) is 0 Å². The summed E-state index contributed by atoms with van der Waals surface area (Å²) in [5.41, 5.74) is 2.29. The predicted octanol–water partition coefficient (Wildman–Crippen LogP) is 3.71. The zero-order chi connectivity index (χ0) is 22.8. The highest BCUT2D eigenvalue weighted by atomic mass is 32.1. The summed E-state index contributed by atoms with van der Waals surface area (Å²) in [6, 6.07) is 8.37. The Morgan fingerprint density at radius 2 is 1.73 bits per heavy atom. The van der Waals surface area contributed by atoms with Gasteiger partial charge in [-0.3, -0.25) is 4.98 Å². The van der Waals surface area contributed by atoms with E-state index in [-0.39, 0.29) is 12.2 Å². The third-order valence-corrected chi connectivity index (χ3v) is 7.08. The Morgan fingerprint density at radius 3 is 2.45 bits per heavy atom. The van der Waals surface area contributed by atoms with Crippen molar-refractivity contribution in [3.05, 3.63) is 42.9 Å². The number of likely N-dealkylation sites (N-methyl/N-ethyl adjacent to an activating group) is 1. The molecule has 0 bridgehead atoms. The highest BCUT2D eigenvalue weighted by Gasteiger charge is 2.24. The van der Waals surface area contributed by atoms with Crippen molar-refractivity contribution in [3.8, 4) is 10.4 Å². The molecule has 2 unspecified atom stereocenters. The summed E-state index contributed by atoms with van der Waals surface area (Å²) in [5.74, 6) is 1.84. The van der Waals surface area contributed by atoms with Gasteiger partial charge in [-0.2, -0.15) is 0 Å². The molecular weight excluding hydrogens is 434 g/mol. The minimum absolute atomic E-state index is 0.201. The van der Waals surface area contributed by atoms with Gasteiger partial charge in [0, 0.05) is 75.7 Å². The molecule has 0 radical (unpaired) electrons. The number of hydrogen-bond acceptors (Lipinski definition) is 9. The largest absolute Gasteiger partial charge is 0.372 e. The zero-order valence-electron chi connectivity index (χ0n) is 19.4. The molecule has 2 aliphatic heterocycles. The number of thiazole rings is 1. The number of nitrogens with one attached hydrogen (secondary N) is 1. The van der Waals surface area contributed by atoms with Gasteiger partial charge in [0.05, 0.1) is 17.1 Å². The van der Waals surface area contributed by atoms with Crippen molar-refractivity contribution in [3.63, 3.8) is 0 Å². The Labute approximate surface area is 199 Å². The Kier molecular flexibility index (Phi) is 6.43. The van der Waals surface area contributed by atoms with Crippen LogP contribution < -0.4 is 15.1 Å². The quantitative estimate of drug-likeness (QED) is 0.612. The van der Waals surface area contributed by atoms with Crippen LogP contribution in [0.2, 0.25) is 0 Å². The maximum Gasteiger partial charge on any atom is 0.188 e. The number of rotatable bonds is 5. The smallest absolute Gasteiger partial charge is 0.188 e. The summed E-state index contributed by atoms with van der Waals surface area (Å²) in [6.07, 6.45) is 5.91. The number of nitrogens with zero attached hydrogens (tertiary/aromatic N) is 6. The summed E-state index contributed by atoms with van der Waals surface area (Å²) >= 11 is 1.62. The monoisotopic (exact) mass is 465 g/mol. The first-order valence-electron chi connectivity index (χ1n) is 11.5. The topological polar surface area (TPSA) is 69.7 Å². The molecule has 2 saturated heterocycles. The molecule has 3 aromatic rings. The molecule has 8 nitrogen and oxygen atoms in total. The molecule has 2 fully saturated rings. The van der Waals surface area contributed by atoms with E-state index < -0.39 is 0 Å². The Hall–Kier alpha value is -2.75. The fourth-order valence-corrected chi connectivity index (χ4v) is 5.25. The van der Waals surface area contributed by atoms with Crippen molar-refractivity contribution in [1.29, 1.82) is 0 Å². The minimum Gasteiger partial charge on any atom is -0.372 e. The van der Waals surface area contributed by atoms with Crippen LogP contribution in [0.4, 0.5) is 22.5 Å². The summed E-state index contributed by atoms with van der Waals surface area (Å²) in [4.78, 5) is 22.0. The van der Waals surface area contributed by atoms with Crippen LogP contribution in [0.25, 0.3) is 10.4 Å². The molecule has 33 heavy (non-hydrogen) atoms. The number of morpholine rings is 1. The fourth-order valence-electron chi connectivity index (χ4n) is 4.43. The van der Waals surface area contributed by atoms with E-state index in [0.29, 0.717) is 0 Å². The lowest BCUT2D eigenvalue weighted by Crippen LogP contribution is -2.46. The molecule has 2 aliphatic rings. The van der Waals surface area contributed by atoms with Crippen molar-refractivity contribution in [2.24, 2.45) is 0 Å². The highest BCUT2D eigenvalue weighted by molar-refractivity contribution is 7.18. The molecule has 0 aliphatic carbocycles. The van der Waals surface area contributed by atoms with E-state index >= 15 is 0 Å². The van der Waals surface area contributed by atoms with Crippen LogP contribution in [-0.4, -0.2) is 78.4 Å². The van der Waals surface area contributed by atoms with E-state index in [4.69, 9.17) is 9.72 Å². The summed E-state index contributed by atoms with van der Waals surface area (Å²) < 4.78 is 5.97. The Morgan fingerprint density at radius 1 is 1.00 bits per heavy atom. The van der Waals surface area contributed by atoms with Crippen molar-refractivity contribution < 1.29 is 4.74 Å². The van der Waals surface area contributed by atoms with Gasteiger partial charge in [-0.1, -0.05) is 11.3 Å². The number of piperazine rings is 1. The van der Waals surface area contributed by atoms with Gasteiger partial charge in [0.25, 0.3) is 0 Å². The maximum absolute atomic E-state index is 5.97. The van der Waals surface area contributed by atoms with Crippen LogP contribution in [0.15, 0.2) is 42.9 Å². The van der Waals surface area contributed by atoms with Crippen molar-refractivity contribution in [2.75, 3.05) is 61.4 Å². The highest BCUT2D eigenvalue weighted by Crippen LogP contribution is 2.33. The molecule has 174 valence electrons. The van der Waals surface area contributed by atoms with Crippen LogP contribution in [0.3, 0.4) is 0 Å². The first-order valence-corrected chi connectivity index (χ1v) is 12.3. The van der Waals surface area contributed by atoms with Crippen LogP contribution >= 0.6 is 11.3 Å². The Balaban J connectivity index is 1.43. The SMILES string of the molecule is CC1CN(c2cc(Nc3ncc(-c4ccncc4)s3)nc(N3CCN(C)CC3)c2)CC(C)O1. The summed E-state index contributed by atoms with van der Waals surface area (Å²) in [6.45, 7) is 10.1. The second-order valence-electron chi connectivity index (χ2n) is 8.91. The molecule has 2 atom stereocenters. The third kappa shape index (κ3) is 5.26. The number of ether oxygens (including phenoxy) is 1. The van der Waals surface area contributed by atoms with E-state index in [9.17, 15) is 0 Å². The number of anilines is 4. The average molecular weight is 466 g/mol. The molecule has 1 N–H and O–H groups in total. The first kappa shape index (κ1) is 22.1. The molecule has 5 heterocycles. The van der Waals surface area contributed by atoms with E-state index in [0.717, 1.165) is 66.5 Å². The van der Waals surface area contributed by atoms with Crippen LogP contribution in [0.1, 0.15) is 13.8 Å². The number of pyridine rings is 2. The first-order chi connectivity index (χ1) is 16.0. The molecule has 9 heteroatoms. The minimum atomic E-state index is 0.201. The molecule has 0 aromatic carbocycles. The molecule has 3 aromatic heterocycles. The fraction of sp³-hybridized carbons (Fsp3) is 0.458. The molecule has 0 amide bonds. The van der Waals surface area contributed by atoms with E-state index in [1.807, 2.05) is 18.3 Å². The van der Waals surface area contributed by atoms with Crippen LogP contribution in [0.5, 0.6) is 0 Å². The zero-order valence-corrected chi connectivity index (χ0v) is 20.3. The standard InChI is InChI=1S/C24H31N7OS/c1-17-15-31(16-18(2)32-17)20-12-22(27-23(13-20)30-10-8-29(3)9-11-30)28-24-26-14-21(33-24)19-4-6-25-7-5-19/h4-7,12-14,17-18H,8-11,15-16H2,1-3H3,(H,26,27,28). The summed E-state index contributed by atoms with van der Waals surface area (Å²) in [5, 5.41) is 4.30. The van der Waals surface area contributed by atoms with Gasteiger partial charge in [-0.15, -0.1) is 0 Å². The summed E-state index contributed by atoms with van der Waals surface area (Å²) in [7, 11) is 2.17. The van der Waals surface area contributed by atoms with Gasteiger partial charge in [0.2, 0.25) is 0 Å². The van der Waals surface area contributed by atoms with Crippen molar-refractivity contribution in [2.45, 2.75) is 26.1 Å². The van der Waals surface area contributed by atoms with Gasteiger partial charge in [-0.05, 0) is 38.6 Å². The Bertz CT molecular complexity index is 1060. The molecular formula is C24H31N7OS. The van der Waals surface area contributed by atoms with E-state index in [1.54, 1.807) is 23.7 Å². The maximum atomic E-state index is 5.97. The lowest BCUT2D eigenvalue weighted by Gasteiger charge is -2.38. The van der Waals surface area contributed by atoms with E-state index in [2.05, 4.69) is 63.0 Å². The van der Waals surface area contributed by atoms with Gasteiger partial charge < -0.3 is 24.8 Å². The average Bonchev–Trinajstić information content (AvgIpc) is 3.28. The second-order valence-corrected chi connectivity index (χ2v) is 9.94. The molecule has 0 spiro atoms. The van der Waals surface area contributed by atoms with Gasteiger partial charge in [0.1, 0.15) is 11.6 Å². The molecule has 5 rings (SSSR count). The lowest BCUT2D eigenvalue weighted by molar-refractivity contribution is -0.00521. The second kappa shape index (κ2) is 9.62. The van der Waals surface area contributed by atoms with Gasteiger partial charge in [0.15, 0.2) is 5.13 Å². The van der Waals surface area contributed by atoms with Crippen molar-refractivity contribution in [1.82, 2.24) is 19.9 Å². The molecule has 0 saturated carbocycles. The van der Waals surface area contributed by atoms with Gasteiger partial charge in [-0.25, -0.2) is 9.97 Å².